The summed E-state index contributed by atoms with van der Waals surface area (Å²) in [5.74, 6) is 0. The van der Waals surface area contributed by atoms with E-state index in [4.69, 9.17) is 5.11 Å². The zero-order chi connectivity index (χ0) is 15.4. The summed E-state index contributed by atoms with van der Waals surface area (Å²) in [4.78, 5) is 14.9. The molecule has 0 spiro atoms. The summed E-state index contributed by atoms with van der Waals surface area (Å²) in [7, 11) is 0. The SMILES string of the molecule is Cc1cc2c(NC(C)CCCO)ccc([N+](=O)[O-])c2cn1. The minimum Gasteiger partial charge on any atom is -0.396 e. The molecule has 6 heteroatoms. The maximum absolute atomic E-state index is 11.1. The van der Waals surface area contributed by atoms with Crippen LogP contribution in [0.3, 0.4) is 0 Å². The lowest BCUT2D eigenvalue weighted by molar-refractivity contribution is -0.383. The fraction of sp³-hybridized carbons (Fsp3) is 0.400. The number of nitrogens with zero attached hydrogens (tertiary/aromatic N) is 2. The number of anilines is 1. The van der Waals surface area contributed by atoms with Crippen LogP contribution in [0, 0.1) is 17.0 Å². The number of hydrogen-bond donors (Lipinski definition) is 2. The number of pyridine rings is 1. The number of aryl methyl sites for hydroxylation is 1. The van der Waals surface area contributed by atoms with Crippen molar-refractivity contribution in [1.29, 1.82) is 0 Å². The van der Waals surface area contributed by atoms with Gasteiger partial charge in [-0.1, -0.05) is 0 Å². The zero-order valence-corrected chi connectivity index (χ0v) is 12.2. The van der Waals surface area contributed by atoms with Gasteiger partial charge >= 0.3 is 0 Å². The molecule has 2 aromatic rings. The number of rotatable bonds is 6. The van der Waals surface area contributed by atoms with Crippen LogP contribution in [-0.4, -0.2) is 27.7 Å². The first-order valence-corrected chi connectivity index (χ1v) is 6.94. The summed E-state index contributed by atoms with van der Waals surface area (Å²) in [5, 5.41) is 24.7. The van der Waals surface area contributed by atoms with Crippen LogP contribution in [0.25, 0.3) is 10.8 Å². The molecule has 0 saturated carbocycles. The van der Waals surface area contributed by atoms with E-state index in [1.165, 1.54) is 6.07 Å². The van der Waals surface area contributed by atoms with Crippen LogP contribution in [0.4, 0.5) is 11.4 Å². The summed E-state index contributed by atoms with van der Waals surface area (Å²) < 4.78 is 0. The third-order valence-electron chi connectivity index (χ3n) is 3.41. The second kappa shape index (κ2) is 6.49. The second-order valence-corrected chi connectivity index (χ2v) is 5.17. The fourth-order valence-electron chi connectivity index (χ4n) is 2.35. The molecule has 112 valence electrons. The lowest BCUT2D eigenvalue weighted by Crippen LogP contribution is -2.15. The standard InChI is InChI=1S/C15H19N3O3/c1-10(4-3-7-19)17-14-5-6-15(18(20)21)13-9-16-11(2)8-12(13)14/h5-6,8-10,17,19H,3-4,7H2,1-2H3. The molecule has 21 heavy (non-hydrogen) atoms. The number of benzene rings is 1. The molecule has 0 aliphatic rings. The molecule has 1 atom stereocenters. The highest BCUT2D eigenvalue weighted by molar-refractivity contribution is 5.99. The normalized spacial score (nSPS) is 12.3. The molecule has 6 nitrogen and oxygen atoms in total. The quantitative estimate of drug-likeness (QED) is 0.630. The predicted molar refractivity (Wildman–Crippen MR) is 82.5 cm³/mol. The summed E-state index contributed by atoms with van der Waals surface area (Å²) in [6, 6.07) is 5.26. The Balaban J connectivity index is 2.42. The molecule has 1 aromatic carbocycles. The van der Waals surface area contributed by atoms with Crippen LogP contribution in [0.5, 0.6) is 0 Å². The molecular formula is C15H19N3O3. The topological polar surface area (TPSA) is 88.3 Å². The van der Waals surface area contributed by atoms with Gasteiger partial charge in [0.05, 0.1) is 10.3 Å². The zero-order valence-electron chi connectivity index (χ0n) is 12.2. The fourth-order valence-corrected chi connectivity index (χ4v) is 2.35. The van der Waals surface area contributed by atoms with Crippen molar-refractivity contribution in [2.24, 2.45) is 0 Å². The Bertz CT molecular complexity index is 658. The van der Waals surface area contributed by atoms with E-state index in [1.54, 1.807) is 12.3 Å². The van der Waals surface area contributed by atoms with Crippen LogP contribution >= 0.6 is 0 Å². The number of nitro benzene ring substituents is 1. The van der Waals surface area contributed by atoms with Crippen molar-refractivity contribution in [1.82, 2.24) is 4.98 Å². The number of hydrogen-bond acceptors (Lipinski definition) is 5. The highest BCUT2D eigenvalue weighted by Gasteiger charge is 2.15. The highest BCUT2D eigenvalue weighted by Crippen LogP contribution is 2.31. The van der Waals surface area contributed by atoms with Gasteiger partial charge < -0.3 is 10.4 Å². The van der Waals surface area contributed by atoms with Gasteiger partial charge in [0.15, 0.2) is 0 Å². The van der Waals surface area contributed by atoms with Crippen molar-refractivity contribution in [3.8, 4) is 0 Å². The van der Waals surface area contributed by atoms with Crippen LogP contribution in [0.2, 0.25) is 0 Å². The minimum absolute atomic E-state index is 0.0612. The average molecular weight is 289 g/mol. The van der Waals surface area contributed by atoms with Crippen molar-refractivity contribution in [3.05, 3.63) is 40.2 Å². The van der Waals surface area contributed by atoms with Crippen LogP contribution < -0.4 is 5.32 Å². The van der Waals surface area contributed by atoms with Crippen molar-refractivity contribution < 1.29 is 10.0 Å². The van der Waals surface area contributed by atoms with E-state index < -0.39 is 4.92 Å². The lowest BCUT2D eigenvalue weighted by atomic mass is 10.1. The number of aromatic nitrogens is 1. The van der Waals surface area contributed by atoms with Gasteiger partial charge in [-0.05, 0) is 38.8 Å². The van der Waals surface area contributed by atoms with E-state index in [2.05, 4.69) is 10.3 Å². The van der Waals surface area contributed by atoms with Gasteiger partial charge in [0, 0.05) is 41.7 Å². The van der Waals surface area contributed by atoms with Gasteiger partial charge in [0.2, 0.25) is 0 Å². The lowest BCUT2D eigenvalue weighted by Gasteiger charge is -2.16. The number of aliphatic hydroxyl groups excluding tert-OH is 1. The Kier molecular flexibility index (Phi) is 4.70. The number of nitrogens with one attached hydrogen (secondary N) is 1. The van der Waals surface area contributed by atoms with E-state index in [-0.39, 0.29) is 18.3 Å². The first-order chi connectivity index (χ1) is 10.0. The van der Waals surface area contributed by atoms with Crippen molar-refractivity contribution in [2.45, 2.75) is 32.7 Å². The smallest absolute Gasteiger partial charge is 0.278 e. The van der Waals surface area contributed by atoms with Crippen LogP contribution in [0.15, 0.2) is 24.4 Å². The van der Waals surface area contributed by atoms with Gasteiger partial charge in [0.1, 0.15) is 0 Å². The predicted octanol–water partition coefficient (Wildman–Crippen LogP) is 3.02. The molecule has 0 bridgehead atoms. The van der Waals surface area contributed by atoms with Crippen molar-refractivity contribution in [2.75, 3.05) is 11.9 Å². The molecular weight excluding hydrogens is 270 g/mol. The second-order valence-electron chi connectivity index (χ2n) is 5.17. The van der Waals surface area contributed by atoms with Gasteiger partial charge in [-0.15, -0.1) is 0 Å². The molecule has 0 fully saturated rings. The molecule has 0 amide bonds. The number of nitro groups is 1. The van der Waals surface area contributed by atoms with Crippen molar-refractivity contribution in [3.63, 3.8) is 0 Å². The first kappa shape index (κ1) is 15.2. The molecule has 1 aromatic heterocycles. The maximum Gasteiger partial charge on any atom is 0.278 e. The summed E-state index contributed by atoms with van der Waals surface area (Å²) >= 11 is 0. The Morgan fingerprint density at radius 3 is 2.86 bits per heavy atom. The number of aliphatic hydroxyl groups is 1. The Morgan fingerprint density at radius 1 is 1.43 bits per heavy atom. The molecule has 1 unspecified atom stereocenters. The Labute approximate surface area is 123 Å². The summed E-state index contributed by atoms with van der Waals surface area (Å²) in [6.07, 6.45) is 3.10. The Hall–Kier alpha value is -2.21. The van der Waals surface area contributed by atoms with E-state index >= 15 is 0 Å². The van der Waals surface area contributed by atoms with Crippen LogP contribution in [0.1, 0.15) is 25.5 Å². The largest absolute Gasteiger partial charge is 0.396 e. The number of non-ortho nitro benzene ring substituents is 1. The van der Waals surface area contributed by atoms with Gasteiger partial charge in [-0.3, -0.25) is 15.1 Å². The third kappa shape index (κ3) is 3.46. The molecule has 2 rings (SSSR count). The van der Waals surface area contributed by atoms with Gasteiger partial charge in [-0.2, -0.15) is 0 Å². The monoisotopic (exact) mass is 289 g/mol. The molecule has 2 N–H and O–H groups in total. The van der Waals surface area contributed by atoms with Crippen LogP contribution in [-0.2, 0) is 0 Å². The molecule has 0 aliphatic heterocycles. The Morgan fingerprint density at radius 2 is 2.19 bits per heavy atom. The number of fused-ring (bicyclic) bond motifs is 1. The highest BCUT2D eigenvalue weighted by atomic mass is 16.6. The third-order valence-corrected chi connectivity index (χ3v) is 3.41. The summed E-state index contributed by atoms with van der Waals surface area (Å²) in [5.41, 5.74) is 1.73. The maximum atomic E-state index is 11.1. The van der Waals surface area contributed by atoms with E-state index in [0.717, 1.165) is 29.6 Å². The van der Waals surface area contributed by atoms with E-state index in [0.29, 0.717) is 5.39 Å². The van der Waals surface area contributed by atoms with Crippen molar-refractivity contribution >= 4 is 22.1 Å². The van der Waals surface area contributed by atoms with Gasteiger partial charge in [0.25, 0.3) is 5.69 Å². The first-order valence-electron chi connectivity index (χ1n) is 6.94. The van der Waals surface area contributed by atoms with E-state index in [9.17, 15) is 10.1 Å². The average Bonchev–Trinajstić information content (AvgIpc) is 2.45. The molecule has 0 saturated heterocycles. The molecule has 0 aliphatic carbocycles. The van der Waals surface area contributed by atoms with E-state index in [1.807, 2.05) is 19.9 Å². The molecule has 1 heterocycles. The molecule has 0 radical (unpaired) electrons. The summed E-state index contributed by atoms with van der Waals surface area (Å²) in [6.45, 7) is 4.05. The minimum atomic E-state index is -0.391. The van der Waals surface area contributed by atoms with Gasteiger partial charge in [-0.25, -0.2) is 0 Å².